The molecule has 0 amide bonds. The van der Waals surface area contributed by atoms with Crippen molar-refractivity contribution < 1.29 is 24.4 Å². The van der Waals surface area contributed by atoms with Gasteiger partial charge in [-0.05, 0) is 117 Å². The molecule has 0 N–H and O–H groups in total. The van der Waals surface area contributed by atoms with Crippen LogP contribution in [0.15, 0.2) is 176 Å². The van der Waals surface area contributed by atoms with Gasteiger partial charge in [-0.1, -0.05) is 170 Å². The van der Waals surface area contributed by atoms with Crippen LogP contribution in [-0.4, -0.2) is 14.1 Å². The maximum atomic E-state index is 9.45. The first-order valence-electron chi connectivity index (χ1n) is 28.1. The lowest BCUT2D eigenvalue weighted by atomic mass is 9.78. The zero-order chi connectivity index (χ0) is 55.3. The van der Waals surface area contributed by atoms with Crippen molar-refractivity contribution in [2.75, 3.05) is 0 Å². The highest BCUT2D eigenvalue weighted by Gasteiger charge is 2.25. The van der Waals surface area contributed by atoms with Gasteiger partial charge < -0.3 is 4.74 Å². The molecule has 10 rings (SSSR count). The van der Waals surface area contributed by atoms with Crippen molar-refractivity contribution in [3.63, 3.8) is 0 Å². The number of fused-ring (bicyclic) bond motifs is 4. The summed E-state index contributed by atoms with van der Waals surface area (Å²) in [7, 11) is 0. The van der Waals surface area contributed by atoms with Gasteiger partial charge in [0.1, 0.15) is 17.3 Å². The highest BCUT2D eigenvalue weighted by Crippen LogP contribution is 2.40. The minimum Gasteiger partial charge on any atom is -0.458 e. The molecule has 328 valence electrons. The second kappa shape index (κ2) is 17.0. The van der Waals surface area contributed by atoms with Crippen molar-refractivity contribution in [1.29, 1.82) is 0 Å². The molecule has 0 bridgehead atoms. The van der Waals surface area contributed by atoms with Gasteiger partial charge in [0.2, 0.25) is 0 Å². The van der Waals surface area contributed by atoms with E-state index in [0.29, 0.717) is 45.1 Å². The van der Waals surface area contributed by atoms with Gasteiger partial charge in [0.15, 0.2) is 0 Å². The molecule has 10 aromatic rings. The van der Waals surface area contributed by atoms with Crippen molar-refractivity contribution in [3.8, 4) is 50.9 Å². The van der Waals surface area contributed by atoms with E-state index in [2.05, 4.69) is 79.9 Å². The van der Waals surface area contributed by atoms with E-state index < -0.39 is 30.2 Å². The monoisotopic (exact) mass is 874 g/mol. The Hall–Kier alpha value is -7.24. The fraction of sp³-hybridized carbons (Fsp3) is 0.213. The minimum atomic E-state index is -0.486. The first-order valence-corrected chi connectivity index (χ1v) is 22.6. The number of rotatable bonds is 10. The number of ether oxygens (including phenoxy) is 1. The number of imidazole rings is 1. The molecule has 3 heterocycles. The quantitative estimate of drug-likeness (QED) is 0.101. The molecule has 0 aliphatic heterocycles. The van der Waals surface area contributed by atoms with Crippen LogP contribution in [0.3, 0.4) is 0 Å². The third-order valence-corrected chi connectivity index (χ3v) is 12.5. The first-order chi connectivity index (χ1) is 36.5. The second-order valence-electron chi connectivity index (χ2n) is 18.9. The lowest BCUT2D eigenvalue weighted by Crippen LogP contribution is -2.31. The fourth-order valence-electron chi connectivity index (χ4n) is 8.91. The second-order valence-corrected chi connectivity index (χ2v) is 18.9. The zero-order valence-electron chi connectivity index (χ0n) is 49.6. The average Bonchev–Trinajstić information content (AvgIpc) is 3.98. The van der Waals surface area contributed by atoms with Crippen molar-refractivity contribution in [2.24, 2.45) is 0 Å². The Balaban J connectivity index is 1.18. The summed E-state index contributed by atoms with van der Waals surface area (Å²) in [5.41, 5.74) is 7.88. The van der Waals surface area contributed by atoms with Crippen LogP contribution in [-0.2, 0) is 10.8 Å². The molecule has 0 aliphatic rings. The normalized spacial score (nSPS) is 14.5. The van der Waals surface area contributed by atoms with Gasteiger partial charge in [-0.2, -0.15) is 0 Å². The highest BCUT2D eigenvalue weighted by molar-refractivity contribution is 6.09. The first kappa shape index (κ1) is 31.6. The van der Waals surface area contributed by atoms with Crippen LogP contribution in [0, 0.1) is 6.33 Å². The molecule has 0 saturated carbocycles. The molecular weight excluding hydrogens is 805 g/mol. The summed E-state index contributed by atoms with van der Waals surface area (Å²) >= 11 is 0. The third-order valence-electron chi connectivity index (χ3n) is 12.5. The van der Waals surface area contributed by atoms with E-state index in [9.17, 15) is 5.48 Å². The molecule has 0 fully saturated rings. The van der Waals surface area contributed by atoms with E-state index in [4.69, 9.17) is 19.3 Å². The third kappa shape index (κ3) is 7.87. The number of aromatic nitrogens is 4. The molecule has 0 unspecified atom stereocenters. The molecule has 5 heteroatoms. The van der Waals surface area contributed by atoms with E-state index in [0.717, 1.165) is 40.7 Å². The van der Waals surface area contributed by atoms with Gasteiger partial charge in [0.05, 0.1) is 48.5 Å². The largest absolute Gasteiger partial charge is 0.458 e. The summed E-state index contributed by atoms with van der Waals surface area (Å²) in [4.78, 5) is 4.72. The van der Waals surface area contributed by atoms with Gasteiger partial charge >= 0.3 is 0 Å². The molecule has 0 atom stereocenters. The lowest BCUT2D eigenvalue weighted by Gasteiger charge is -2.27. The Morgan fingerprint density at radius 2 is 1.30 bits per heavy atom. The average molecular weight is 874 g/mol. The molecule has 0 radical (unpaired) electrons. The van der Waals surface area contributed by atoms with Crippen LogP contribution in [0.5, 0.6) is 11.5 Å². The Labute approximate surface area is 405 Å². The van der Waals surface area contributed by atoms with E-state index in [-0.39, 0.29) is 80.6 Å². The Morgan fingerprint density at radius 1 is 0.621 bits per heavy atom. The maximum Gasteiger partial charge on any atom is 0.269 e. The number of benzene rings is 7. The SMILES string of the molecule is [2H]c1c([2H])c([2H])c(-c2cccc(-c3cc(C(C)(C)C)cc(C(C)(C)C)c3)c2-[n+]2[c-]n(-c3cccc(Oc4cc5c(c([2H])c4[2H])c4c([2H])c([2H])c([2H])c([2H])c4n5-c4cc(C(CC)CC)ccn4)c3)c3ccccc32)c([2H])c1[2H]. The maximum absolute atomic E-state index is 9.45. The predicted octanol–water partition coefficient (Wildman–Crippen LogP) is 15.8. The van der Waals surface area contributed by atoms with Gasteiger partial charge in [0.25, 0.3) is 6.33 Å². The van der Waals surface area contributed by atoms with Crippen LogP contribution < -0.4 is 9.30 Å². The number of hydrogen-bond acceptors (Lipinski definition) is 2. The predicted molar refractivity (Wildman–Crippen MR) is 274 cm³/mol. The number of para-hydroxylation sites is 4. The summed E-state index contributed by atoms with van der Waals surface area (Å²) in [6.45, 7) is 17.2. The molecule has 0 saturated heterocycles. The molecule has 0 spiro atoms. The molecule has 7 aromatic carbocycles. The van der Waals surface area contributed by atoms with Crippen LogP contribution in [0.25, 0.3) is 72.3 Å². The fourth-order valence-corrected chi connectivity index (χ4v) is 8.91. The van der Waals surface area contributed by atoms with Gasteiger partial charge in [-0.25, -0.2) is 4.98 Å². The summed E-state index contributed by atoms with van der Waals surface area (Å²) in [5.74, 6) is 0.936. The Kier molecular flexibility index (Phi) is 8.12. The van der Waals surface area contributed by atoms with Gasteiger partial charge in [0, 0.05) is 23.0 Å². The Bertz CT molecular complexity index is 3990. The summed E-state index contributed by atoms with van der Waals surface area (Å²) in [6.07, 6.45) is 7.05. The highest BCUT2D eigenvalue weighted by atomic mass is 16.5. The summed E-state index contributed by atoms with van der Waals surface area (Å²) in [5, 5.41) is 0.290. The molecule has 0 aliphatic carbocycles. The standard InChI is InChI=1S/C61H58N4O/c1-9-41(10-2)43-32-33-62-58(36-43)65-54-27-15-14-24-52(54)53-31-30-49(39-57(53)65)66-48-23-18-22-47(38-48)63-40-64(56-29-17-16-28-55(56)63)59-50(42-20-12-11-13-21-42)25-19-26-51(59)44-34-45(60(3,4)5)37-46(35-44)61(6,7)8/h11-39,41H,9-10H2,1-8H3/i11D,12D,13D,14D,15D,20D,21D,24D,27D,30D,31D. The molecule has 66 heavy (non-hydrogen) atoms. The van der Waals surface area contributed by atoms with Crippen molar-refractivity contribution >= 4 is 32.8 Å². The van der Waals surface area contributed by atoms with Crippen LogP contribution in [0.2, 0.25) is 0 Å². The van der Waals surface area contributed by atoms with Gasteiger partial charge in [-0.15, -0.1) is 0 Å². The minimum absolute atomic E-state index is 0.0100. The molecule has 5 nitrogen and oxygen atoms in total. The topological polar surface area (TPSA) is 35.9 Å². The van der Waals surface area contributed by atoms with Crippen LogP contribution >= 0.6 is 0 Å². The molecule has 3 aromatic heterocycles. The lowest BCUT2D eigenvalue weighted by molar-refractivity contribution is -0.571. The van der Waals surface area contributed by atoms with E-state index >= 15 is 0 Å². The van der Waals surface area contributed by atoms with Crippen LogP contribution in [0.1, 0.15) is 106 Å². The number of pyridine rings is 1. The van der Waals surface area contributed by atoms with Crippen molar-refractivity contribution in [2.45, 2.75) is 85.0 Å². The smallest absolute Gasteiger partial charge is 0.269 e. The summed E-state index contributed by atoms with van der Waals surface area (Å²) in [6, 6.07) is 28.5. The van der Waals surface area contributed by atoms with Crippen molar-refractivity contribution in [1.82, 2.24) is 14.1 Å². The number of hydrogen-bond donors (Lipinski definition) is 0. The zero-order valence-corrected chi connectivity index (χ0v) is 38.6. The van der Waals surface area contributed by atoms with E-state index in [1.807, 2.05) is 63.7 Å². The molecular formula is C61H58N4O. The van der Waals surface area contributed by atoms with Crippen molar-refractivity contribution in [3.05, 3.63) is 199 Å². The summed E-state index contributed by atoms with van der Waals surface area (Å²) < 4.78 is 111. The van der Waals surface area contributed by atoms with E-state index in [1.165, 1.54) is 0 Å². The van der Waals surface area contributed by atoms with E-state index in [1.54, 1.807) is 41.1 Å². The van der Waals surface area contributed by atoms with Gasteiger partial charge in [-0.3, -0.25) is 13.7 Å². The Morgan fingerprint density at radius 3 is 2.05 bits per heavy atom. The van der Waals surface area contributed by atoms with Crippen LogP contribution in [0.4, 0.5) is 0 Å². The number of nitrogens with zero attached hydrogens (tertiary/aromatic N) is 4.